The van der Waals surface area contributed by atoms with Crippen LogP contribution in [0.3, 0.4) is 0 Å². The number of alkyl halides is 3. The smallest absolute Gasteiger partial charge is 0.384 e. The summed E-state index contributed by atoms with van der Waals surface area (Å²) in [5, 5.41) is 3.70. The van der Waals surface area contributed by atoms with E-state index in [0.29, 0.717) is 6.07 Å². The zero-order chi connectivity index (χ0) is 14.2. The number of carbonyl (C=O) groups excluding carboxylic acids is 1. The summed E-state index contributed by atoms with van der Waals surface area (Å²) in [5.74, 6) is -1.25. The first-order chi connectivity index (χ1) is 8.77. The fraction of sp³-hybridized carbons (Fsp3) is 0.100. The third-order valence-electron chi connectivity index (χ3n) is 2.24. The molecule has 0 spiro atoms. The van der Waals surface area contributed by atoms with Crippen molar-refractivity contribution in [2.75, 3.05) is 5.73 Å². The van der Waals surface area contributed by atoms with Gasteiger partial charge in [-0.05, 0) is 18.2 Å². The van der Waals surface area contributed by atoms with Gasteiger partial charge in [-0.3, -0.25) is 4.79 Å². The Hall–Kier alpha value is -2.58. The third-order valence-corrected chi connectivity index (χ3v) is 2.24. The molecule has 19 heavy (non-hydrogen) atoms. The van der Waals surface area contributed by atoms with Crippen LogP contribution in [0.4, 0.5) is 19.0 Å². The number of nitrogens with zero attached hydrogens (tertiary/aromatic N) is 3. The Morgan fingerprint density at radius 2 is 2.00 bits per heavy atom. The van der Waals surface area contributed by atoms with Crippen LogP contribution in [0.2, 0.25) is 0 Å². The molecule has 0 aliphatic heterocycles. The van der Waals surface area contributed by atoms with Crippen LogP contribution in [0.1, 0.15) is 16.1 Å². The highest BCUT2D eigenvalue weighted by Crippen LogP contribution is 2.30. The molecule has 2 aromatic rings. The largest absolute Gasteiger partial charge is 0.416 e. The molecular weight excluding hydrogens is 263 g/mol. The van der Waals surface area contributed by atoms with E-state index in [2.05, 4.69) is 10.1 Å². The quantitative estimate of drug-likeness (QED) is 0.849. The van der Waals surface area contributed by atoms with Gasteiger partial charge in [0.1, 0.15) is 11.5 Å². The normalized spacial score (nSPS) is 11.5. The maximum absolute atomic E-state index is 12.6. The second-order valence-corrected chi connectivity index (χ2v) is 3.65. The molecule has 2 heterocycles. The average molecular weight is 271 g/mol. The number of nitrogen functional groups attached to an aromatic ring is 1. The summed E-state index contributed by atoms with van der Waals surface area (Å²) < 4.78 is 38.8. The molecule has 6 nitrogen and oxygen atoms in total. The van der Waals surface area contributed by atoms with Crippen molar-refractivity contribution in [2.24, 2.45) is 5.73 Å². The Bertz CT molecular complexity index is 634. The van der Waals surface area contributed by atoms with Crippen LogP contribution in [0.15, 0.2) is 24.4 Å². The van der Waals surface area contributed by atoms with Crippen molar-refractivity contribution in [1.29, 1.82) is 0 Å². The molecule has 2 rings (SSSR count). The van der Waals surface area contributed by atoms with E-state index in [1.54, 1.807) is 0 Å². The molecular formula is C10H8F3N5O. The minimum Gasteiger partial charge on any atom is -0.384 e. The van der Waals surface area contributed by atoms with Gasteiger partial charge >= 0.3 is 6.18 Å². The second kappa shape index (κ2) is 4.26. The Kier molecular flexibility index (Phi) is 2.89. The lowest BCUT2D eigenvalue weighted by Gasteiger charge is -2.09. The number of halogens is 3. The van der Waals surface area contributed by atoms with Gasteiger partial charge < -0.3 is 11.5 Å². The number of pyridine rings is 1. The van der Waals surface area contributed by atoms with Crippen molar-refractivity contribution in [3.63, 3.8) is 0 Å². The Morgan fingerprint density at radius 1 is 1.32 bits per heavy atom. The van der Waals surface area contributed by atoms with Crippen LogP contribution < -0.4 is 11.5 Å². The van der Waals surface area contributed by atoms with E-state index in [-0.39, 0.29) is 17.3 Å². The Morgan fingerprint density at radius 3 is 2.53 bits per heavy atom. The number of primary amides is 1. The molecule has 2 aromatic heterocycles. The number of hydrogen-bond donors (Lipinski definition) is 2. The van der Waals surface area contributed by atoms with E-state index in [9.17, 15) is 18.0 Å². The van der Waals surface area contributed by atoms with Crippen LogP contribution in [0, 0.1) is 0 Å². The molecule has 0 radical (unpaired) electrons. The summed E-state index contributed by atoms with van der Waals surface area (Å²) >= 11 is 0. The first-order valence-corrected chi connectivity index (χ1v) is 4.98. The third kappa shape index (κ3) is 2.64. The molecule has 9 heteroatoms. The summed E-state index contributed by atoms with van der Waals surface area (Å²) in [4.78, 5) is 14.6. The SMILES string of the molecule is NC(=O)c1ccn(-c2cc(C(F)(F)F)cc(N)n2)n1. The minimum absolute atomic E-state index is 0.0854. The molecule has 4 N–H and O–H groups in total. The van der Waals surface area contributed by atoms with E-state index >= 15 is 0 Å². The zero-order valence-electron chi connectivity index (χ0n) is 9.35. The second-order valence-electron chi connectivity index (χ2n) is 3.65. The summed E-state index contributed by atoms with van der Waals surface area (Å²) in [5.41, 5.74) is 9.27. The van der Waals surface area contributed by atoms with Crippen molar-refractivity contribution >= 4 is 11.7 Å². The van der Waals surface area contributed by atoms with Crippen molar-refractivity contribution in [1.82, 2.24) is 14.8 Å². The summed E-state index contributed by atoms with van der Waals surface area (Å²) in [6, 6.07) is 2.75. The van der Waals surface area contributed by atoms with Gasteiger partial charge in [0.05, 0.1) is 5.56 Å². The molecule has 0 atom stereocenters. The highest BCUT2D eigenvalue weighted by Gasteiger charge is 2.31. The van der Waals surface area contributed by atoms with Gasteiger partial charge in [-0.15, -0.1) is 0 Å². The molecule has 1 amide bonds. The van der Waals surface area contributed by atoms with Crippen molar-refractivity contribution in [3.05, 3.63) is 35.7 Å². The standard InChI is InChI=1S/C10H8F3N5O/c11-10(12,13)5-3-7(14)16-8(4-5)18-2-1-6(17-18)9(15)19/h1-4H,(H2,14,16)(H2,15,19). The molecule has 100 valence electrons. The van der Waals surface area contributed by atoms with Crippen molar-refractivity contribution in [3.8, 4) is 5.82 Å². The summed E-state index contributed by atoms with van der Waals surface area (Å²) in [7, 11) is 0. The number of nitrogens with two attached hydrogens (primary N) is 2. The van der Waals surface area contributed by atoms with Crippen molar-refractivity contribution < 1.29 is 18.0 Å². The Labute approximate surface area is 104 Å². The topological polar surface area (TPSA) is 99.8 Å². The minimum atomic E-state index is -4.55. The molecule has 0 aliphatic rings. The predicted molar refractivity (Wildman–Crippen MR) is 59.3 cm³/mol. The zero-order valence-corrected chi connectivity index (χ0v) is 9.35. The van der Waals surface area contributed by atoms with Gasteiger partial charge in [0.15, 0.2) is 5.82 Å². The fourth-order valence-electron chi connectivity index (χ4n) is 1.40. The summed E-state index contributed by atoms with van der Waals surface area (Å²) in [6.45, 7) is 0. The monoisotopic (exact) mass is 271 g/mol. The van der Waals surface area contributed by atoms with E-state index in [1.807, 2.05) is 0 Å². The van der Waals surface area contributed by atoms with Crippen LogP contribution in [-0.4, -0.2) is 20.7 Å². The van der Waals surface area contributed by atoms with Crippen molar-refractivity contribution in [2.45, 2.75) is 6.18 Å². The molecule has 0 aliphatic carbocycles. The van der Waals surface area contributed by atoms with E-state index in [1.165, 1.54) is 12.3 Å². The maximum Gasteiger partial charge on any atom is 0.416 e. The number of hydrogen-bond acceptors (Lipinski definition) is 4. The van der Waals surface area contributed by atoms with Crippen LogP contribution in [0.25, 0.3) is 5.82 Å². The van der Waals surface area contributed by atoms with Gasteiger partial charge in [0, 0.05) is 6.20 Å². The number of anilines is 1. The van der Waals surface area contributed by atoms with E-state index in [0.717, 1.165) is 10.7 Å². The number of amides is 1. The first-order valence-electron chi connectivity index (χ1n) is 4.98. The fourth-order valence-corrected chi connectivity index (χ4v) is 1.40. The van der Waals surface area contributed by atoms with Crippen LogP contribution >= 0.6 is 0 Å². The molecule has 0 bridgehead atoms. The van der Waals surface area contributed by atoms with Gasteiger partial charge in [0.2, 0.25) is 0 Å². The highest BCUT2D eigenvalue weighted by molar-refractivity contribution is 5.90. The average Bonchev–Trinajstić information content (AvgIpc) is 2.76. The molecule has 0 aromatic carbocycles. The maximum atomic E-state index is 12.6. The number of rotatable bonds is 2. The van der Waals surface area contributed by atoms with Gasteiger partial charge in [-0.1, -0.05) is 0 Å². The van der Waals surface area contributed by atoms with Crippen LogP contribution in [0.5, 0.6) is 0 Å². The highest BCUT2D eigenvalue weighted by atomic mass is 19.4. The molecule has 0 saturated carbocycles. The van der Waals surface area contributed by atoms with E-state index < -0.39 is 17.6 Å². The van der Waals surface area contributed by atoms with Gasteiger partial charge in [-0.25, -0.2) is 9.67 Å². The summed E-state index contributed by atoms with van der Waals surface area (Å²) in [6.07, 6.45) is -3.28. The molecule has 0 fully saturated rings. The Balaban J connectivity index is 2.50. The lowest BCUT2D eigenvalue weighted by molar-refractivity contribution is -0.137. The van der Waals surface area contributed by atoms with Gasteiger partial charge in [-0.2, -0.15) is 18.3 Å². The lowest BCUT2D eigenvalue weighted by Crippen LogP contribution is -2.13. The number of aromatic nitrogens is 3. The van der Waals surface area contributed by atoms with Crippen LogP contribution in [-0.2, 0) is 6.18 Å². The molecule has 0 unspecified atom stereocenters. The van der Waals surface area contributed by atoms with Gasteiger partial charge in [0.25, 0.3) is 5.91 Å². The number of carbonyl (C=O) groups is 1. The van der Waals surface area contributed by atoms with E-state index in [4.69, 9.17) is 11.5 Å². The molecule has 0 saturated heterocycles. The predicted octanol–water partition coefficient (Wildman–Crippen LogP) is 0.967. The lowest BCUT2D eigenvalue weighted by atomic mass is 10.2. The first kappa shape index (κ1) is 12.9.